The highest BCUT2D eigenvalue weighted by Gasteiger charge is 1.95. The van der Waals surface area contributed by atoms with Crippen LogP contribution in [0.5, 0.6) is 0 Å². The van der Waals surface area contributed by atoms with Gasteiger partial charge in [0.15, 0.2) is 0 Å². The van der Waals surface area contributed by atoms with Crippen molar-refractivity contribution in [2.45, 2.75) is 26.3 Å². The monoisotopic (exact) mass is 108 g/mol. The first-order chi connectivity index (χ1) is 2.00. The molecule has 0 aromatic heterocycles. The van der Waals surface area contributed by atoms with Crippen molar-refractivity contribution in [3.05, 3.63) is 0 Å². The van der Waals surface area contributed by atoms with Gasteiger partial charge in [-0.3, -0.25) is 0 Å². The summed E-state index contributed by atoms with van der Waals surface area (Å²) in [4.78, 5) is 0. The standard InChI is InChI=1S/C4H11N.ClH/c1-4(2,3)5;/h5H2,1-3H3;1H/p-1. The van der Waals surface area contributed by atoms with Gasteiger partial charge in [-0.1, -0.05) is 0 Å². The molecule has 0 aromatic carbocycles. The van der Waals surface area contributed by atoms with E-state index in [-0.39, 0.29) is 17.9 Å². The van der Waals surface area contributed by atoms with Crippen molar-refractivity contribution < 1.29 is 12.4 Å². The van der Waals surface area contributed by atoms with Crippen molar-refractivity contribution in [3.63, 3.8) is 0 Å². The van der Waals surface area contributed by atoms with E-state index in [1.165, 1.54) is 0 Å². The molecule has 1 nitrogen and oxygen atoms in total. The quantitative estimate of drug-likeness (QED) is 0.373. The molecule has 0 saturated carbocycles. The number of hydrogen-bond donors (Lipinski definition) is 1. The topological polar surface area (TPSA) is 26.0 Å². The summed E-state index contributed by atoms with van der Waals surface area (Å²) < 4.78 is 0. The van der Waals surface area contributed by atoms with Crippen LogP contribution in [0.1, 0.15) is 20.8 Å². The minimum Gasteiger partial charge on any atom is -1.00 e. The maximum atomic E-state index is 5.35. The SMILES string of the molecule is CC(C)(C)N.[Cl-]. The third-order valence-corrected chi connectivity index (χ3v) is 0. The highest BCUT2D eigenvalue weighted by Crippen LogP contribution is 1.88. The summed E-state index contributed by atoms with van der Waals surface area (Å²) in [6.45, 7) is 5.90. The predicted molar refractivity (Wildman–Crippen MR) is 23.9 cm³/mol. The molecule has 0 rings (SSSR count). The Labute approximate surface area is 45.3 Å². The first-order valence-corrected chi connectivity index (χ1v) is 1.79. The lowest BCUT2D eigenvalue weighted by Gasteiger charge is -2.06. The largest absolute Gasteiger partial charge is 1.00 e. The summed E-state index contributed by atoms with van der Waals surface area (Å²) in [6, 6.07) is 0. The Hall–Kier alpha value is 0.250. The molecule has 40 valence electrons. The molecule has 0 atom stereocenters. The van der Waals surface area contributed by atoms with Gasteiger partial charge in [-0.25, -0.2) is 0 Å². The van der Waals surface area contributed by atoms with Crippen LogP contribution in [0.2, 0.25) is 0 Å². The average Bonchev–Trinajstić information content (AvgIpc) is 0.722. The normalized spacial score (nSPS) is 10.0. The predicted octanol–water partition coefficient (Wildman–Crippen LogP) is -2.25. The van der Waals surface area contributed by atoms with Gasteiger partial charge in [-0.2, -0.15) is 0 Å². The van der Waals surface area contributed by atoms with Crippen LogP contribution in [0.25, 0.3) is 0 Å². The molecule has 0 aliphatic rings. The highest BCUT2D eigenvalue weighted by molar-refractivity contribution is 4.60. The van der Waals surface area contributed by atoms with E-state index >= 15 is 0 Å². The van der Waals surface area contributed by atoms with Gasteiger partial charge in [0, 0.05) is 5.54 Å². The van der Waals surface area contributed by atoms with Crippen molar-refractivity contribution in [2.75, 3.05) is 0 Å². The van der Waals surface area contributed by atoms with Gasteiger partial charge in [-0.05, 0) is 20.8 Å². The molecule has 0 saturated heterocycles. The van der Waals surface area contributed by atoms with E-state index in [4.69, 9.17) is 5.73 Å². The third kappa shape index (κ3) is 718. The minimum atomic E-state index is 0. The third-order valence-electron chi connectivity index (χ3n) is 0. The lowest BCUT2D eigenvalue weighted by molar-refractivity contribution is -0.00000201. The fraction of sp³-hybridized carbons (Fsp3) is 1.00. The molecule has 2 heteroatoms. The summed E-state index contributed by atoms with van der Waals surface area (Å²) in [5.41, 5.74) is 5.35. The Morgan fingerprint density at radius 3 is 1.17 bits per heavy atom. The first kappa shape index (κ1) is 9.54. The van der Waals surface area contributed by atoms with Crippen LogP contribution in [0.4, 0.5) is 0 Å². The Morgan fingerprint density at radius 1 is 1.17 bits per heavy atom. The zero-order valence-corrected chi connectivity index (χ0v) is 5.21. The lowest BCUT2D eigenvalue weighted by atomic mass is 10.1. The van der Waals surface area contributed by atoms with Gasteiger partial charge in [-0.15, -0.1) is 0 Å². The molecule has 0 spiro atoms. The number of nitrogens with two attached hydrogens (primary N) is 1. The average molecular weight is 109 g/mol. The second kappa shape index (κ2) is 2.43. The molecule has 2 N–H and O–H groups in total. The van der Waals surface area contributed by atoms with Crippen molar-refractivity contribution in [3.8, 4) is 0 Å². The van der Waals surface area contributed by atoms with E-state index in [9.17, 15) is 0 Å². The maximum absolute atomic E-state index is 5.35. The summed E-state index contributed by atoms with van der Waals surface area (Å²) in [6.07, 6.45) is 0. The molecule has 6 heavy (non-hydrogen) atoms. The van der Waals surface area contributed by atoms with Crippen LogP contribution in [-0.2, 0) is 0 Å². The van der Waals surface area contributed by atoms with Gasteiger partial charge in [0.25, 0.3) is 0 Å². The molecule has 0 aliphatic carbocycles. The summed E-state index contributed by atoms with van der Waals surface area (Å²) in [5, 5.41) is 0. The zero-order valence-electron chi connectivity index (χ0n) is 4.46. The van der Waals surface area contributed by atoms with Crippen LogP contribution in [0, 0.1) is 0 Å². The lowest BCUT2D eigenvalue weighted by Crippen LogP contribution is -3.00. The van der Waals surface area contributed by atoms with Gasteiger partial charge >= 0.3 is 0 Å². The second-order valence-corrected chi connectivity index (χ2v) is 2.37. The molecule has 0 unspecified atom stereocenters. The molecule has 0 aliphatic heterocycles. The van der Waals surface area contributed by atoms with Gasteiger partial charge in [0.2, 0.25) is 0 Å². The van der Waals surface area contributed by atoms with Gasteiger partial charge < -0.3 is 18.1 Å². The van der Waals surface area contributed by atoms with E-state index in [2.05, 4.69) is 0 Å². The van der Waals surface area contributed by atoms with E-state index in [1.807, 2.05) is 20.8 Å². The fourth-order valence-electron chi connectivity index (χ4n) is 0. The number of rotatable bonds is 0. The number of hydrogen-bond acceptors (Lipinski definition) is 1. The maximum Gasteiger partial charge on any atom is 0.00686 e. The number of halogens is 1. The molecule has 0 heterocycles. The first-order valence-electron chi connectivity index (χ1n) is 1.79. The molecule has 0 bridgehead atoms. The molecule has 0 fully saturated rings. The molecule has 0 aromatic rings. The fourth-order valence-corrected chi connectivity index (χ4v) is 0. The smallest absolute Gasteiger partial charge is 0.00686 e. The minimum absolute atomic E-state index is 0. The molecular weight excluding hydrogens is 97.5 g/mol. The van der Waals surface area contributed by atoms with Crippen LogP contribution in [-0.4, -0.2) is 5.54 Å². The second-order valence-electron chi connectivity index (χ2n) is 2.37. The summed E-state index contributed by atoms with van der Waals surface area (Å²) in [7, 11) is 0. The van der Waals surface area contributed by atoms with E-state index < -0.39 is 0 Å². The summed E-state index contributed by atoms with van der Waals surface area (Å²) >= 11 is 0. The van der Waals surface area contributed by atoms with Crippen LogP contribution >= 0.6 is 0 Å². The Balaban J connectivity index is 0. The Morgan fingerprint density at radius 2 is 1.17 bits per heavy atom. The van der Waals surface area contributed by atoms with Crippen LogP contribution in [0.15, 0.2) is 0 Å². The van der Waals surface area contributed by atoms with Crippen LogP contribution in [0.3, 0.4) is 0 Å². The summed E-state index contributed by atoms with van der Waals surface area (Å²) in [5.74, 6) is 0. The Bertz CT molecular complexity index is 23.0. The van der Waals surface area contributed by atoms with Crippen molar-refractivity contribution >= 4 is 0 Å². The van der Waals surface area contributed by atoms with E-state index in [0.29, 0.717) is 0 Å². The highest BCUT2D eigenvalue weighted by atomic mass is 35.5. The van der Waals surface area contributed by atoms with E-state index in [1.54, 1.807) is 0 Å². The van der Waals surface area contributed by atoms with Crippen molar-refractivity contribution in [2.24, 2.45) is 5.73 Å². The van der Waals surface area contributed by atoms with Gasteiger partial charge in [0.05, 0.1) is 0 Å². The zero-order chi connectivity index (χ0) is 4.50. The molecule has 0 amide bonds. The van der Waals surface area contributed by atoms with Crippen LogP contribution < -0.4 is 18.1 Å². The molecular formula is C4H11ClN-. The molecule has 0 radical (unpaired) electrons. The van der Waals surface area contributed by atoms with Crippen molar-refractivity contribution in [1.82, 2.24) is 0 Å². The Kier molecular flexibility index (Phi) is 3.86. The van der Waals surface area contributed by atoms with Gasteiger partial charge in [0.1, 0.15) is 0 Å². The van der Waals surface area contributed by atoms with Crippen molar-refractivity contribution in [1.29, 1.82) is 0 Å². The van der Waals surface area contributed by atoms with E-state index in [0.717, 1.165) is 0 Å².